The number of pyridine rings is 1. The quantitative estimate of drug-likeness (QED) is 0.487. The van der Waals surface area contributed by atoms with Gasteiger partial charge in [0, 0.05) is 12.3 Å². The molecule has 0 aliphatic carbocycles. The van der Waals surface area contributed by atoms with Crippen molar-refractivity contribution in [2.75, 3.05) is 0 Å². The van der Waals surface area contributed by atoms with Crippen molar-refractivity contribution < 1.29 is 0 Å². The van der Waals surface area contributed by atoms with Crippen LogP contribution >= 0.6 is 0 Å². The van der Waals surface area contributed by atoms with Crippen LogP contribution in [0, 0.1) is 0 Å². The lowest BCUT2D eigenvalue weighted by Gasteiger charge is -2.12. The summed E-state index contributed by atoms with van der Waals surface area (Å²) in [6, 6.07) is 32.6. The number of aromatic nitrogens is 1. The van der Waals surface area contributed by atoms with E-state index in [9.17, 15) is 4.79 Å². The van der Waals surface area contributed by atoms with Crippen LogP contribution in [-0.2, 0) is 13.0 Å². The van der Waals surface area contributed by atoms with Crippen LogP contribution in [0.1, 0.15) is 16.7 Å². The number of benzene rings is 3. The van der Waals surface area contributed by atoms with Gasteiger partial charge in [-0.05, 0) is 34.2 Å². The van der Waals surface area contributed by atoms with Crippen molar-refractivity contribution in [3.05, 3.63) is 130 Å². The highest BCUT2D eigenvalue weighted by Crippen LogP contribution is 2.25. The van der Waals surface area contributed by atoms with Crippen LogP contribution in [-0.4, -0.2) is 4.57 Å². The largest absolute Gasteiger partial charge is 0.311 e. The van der Waals surface area contributed by atoms with Crippen molar-refractivity contribution in [2.24, 2.45) is 0 Å². The predicted octanol–water partition coefficient (Wildman–Crippen LogP) is 5.15. The van der Waals surface area contributed by atoms with Gasteiger partial charge in [-0.3, -0.25) is 4.79 Å². The van der Waals surface area contributed by atoms with Gasteiger partial charge < -0.3 is 4.57 Å². The third kappa shape index (κ3) is 4.06. The van der Waals surface area contributed by atoms with Crippen LogP contribution in [0.2, 0.25) is 0 Å². The molecule has 27 heavy (non-hydrogen) atoms. The van der Waals surface area contributed by atoms with Crippen LogP contribution in [0.4, 0.5) is 0 Å². The highest BCUT2D eigenvalue weighted by Gasteiger charge is 2.07. The first-order valence-corrected chi connectivity index (χ1v) is 9.16. The number of rotatable bonds is 5. The molecule has 0 aliphatic heterocycles. The van der Waals surface area contributed by atoms with Gasteiger partial charge in [0.15, 0.2) is 0 Å². The Balaban J connectivity index is 1.65. The Morgan fingerprint density at radius 3 is 2.07 bits per heavy atom. The van der Waals surface area contributed by atoms with E-state index in [0.29, 0.717) is 6.54 Å². The zero-order valence-electron chi connectivity index (χ0n) is 15.1. The van der Waals surface area contributed by atoms with Gasteiger partial charge >= 0.3 is 0 Å². The first-order chi connectivity index (χ1) is 13.3. The molecule has 3 aromatic carbocycles. The van der Waals surface area contributed by atoms with Gasteiger partial charge in [-0.2, -0.15) is 0 Å². The molecule has 2 heteroatoms. The summed E-state index contributed by atoms with van der Waals surface area (Å²) in [6.07, 6.45) is 2.78. The summed E-state index contributed by atoms with van der Waals surface area (Å²) in [5.41, 5.74) is 5.99. The van der Waals surface area contributed by atoms with Gasteiger partial charge in [0.2, 0.25) is 0 Å². The van der Waals surface area contributed by atoms with Gasteiger partial charge in [-0.15, -0.1) is 0 Å². The van der Waals surface area contributed by atoms with Gasteiger partial charge in [0.25, 0.3) is 5.56 Å². The monoisotopic (exact) mass is 351 g/mol. The van der Waals surface area contributed by atoms with E-state index in [-0.39, 0.29) is 5.56 Å². The minimum Gasteiger partial charge on any atom is -0.311 e. The first kappa shape index (κ1) is 17.0. The van der Waals surface area contributed by atoms with Gasteiger partial charge in [0.05, 0.1) is 6.54 Å². The zero-order valence-corrected chi connectivity index (χ0v) is 15.1. The van der Waals surface area contributed by atoms with Crippen molar-refractivity contribution >= 4 is 0 Å². The van der Waals surface area contributed by atoms with E-state index >= 15 is 0 Å². The lowest BCUT2D eigenvalue weighted by Crippen LogP contribution is -2.19. The normalized spacial score (nSPS) is 10.7. The Labute approximate surface area is 159 Å². The maximum Gasteiger partial charge on any atom is 0.250 e. The molecule has 4 aromatic rings. The Morgan fingerprint density at radius 2 is 1.30 bits per heavy atom. The molecule has 0 aliphatic rings. The molecule has 0 saturated heterocycles. The van der Waals surface area contributed by atoms with Gasteiger partial charge in [-0.25, -0.2) is 0 Å². The molecule has 0 unspecified atom stereocenters. The van der Waals surface area contributed by atoms with E-state index in [1.165, 1.54) is 16.7 Å². The van der Waals surface area contributed by atoms with E-state index in [2.05, 4.69) is 48.5 Å². The van der Waals surface area contributed by atoms with E-state index in [1.54, 1.807) is 10.6 Å². The third-order valence-electron chi connectivity index (χ3n) is 4.74. The van der Waals surface area contributed by atoms with Crippen molar-refractivity contribution in [3.8, 4) is 11.1 Å². The van der Waals surface area contributed by atoms with Crippen molar-refractivity contribution in [1.82, 2.24) is 4.57 Å². The fourth-order valence-electron chi connectivity index (χ4n) is 3.38. The lowest BCUT2D eigenvalue weighted by atomic mass is 9.95. The molecular weight excluding hydrogens is 330 g/mol. The smallest absolute Gasteiger partial charge is 0.250 e. The Morgan fingerprint density at radius 1 is 0.630 bits per heavy atom. The van der Waals surface area contributed by atoms with E-state index in [0.717, 1.165) is 17.5 Å². The molecule has 4 rings (SSSR count). The second-order valence-electron chi connectivity index (χ2n) is 6.69. The second kappa shape index (κ2) is 7.88. The minimum absolute atomic E-state index is 0.0268. The molecule has 0 spiro atoms. The van der Waals surface area contributed by atoms with Crippen molar-refractivity contribution in [2.45, 2.75) is 13.0 Å². The van der Waals surface area contributed by atoms with Crippen LogP contribution < -0.4 is 5.56 Å². The standard InChI is InChI=1S/C25H21NO/c27-25-16-15-21(19-26(25)18-20-9-3-1-4-10-20)17-23-13-7-8-14-24(23)22-11-5-2-6-12-22/h1-16,19H,17-18H2. The minimum atomic E-state index is 0.0268. The maximum atomic E-state index is 12.3. The molecule has 0 radical (unpaired) electrons. The molecule has 0 amide bonds. The summed E-state index contributed by atoms with van der Waals surface area (Å²) in [6.45, 7) is 0.591. The molecule has 132 valence electrons. The predicted molar refractivity (Wildman–Crippen MR) is 111 cm³/mol. The molecule has 0 N–H and O–H groups in total. The lowest BCUT2D eigenvalue weighted by molar-refractivity contribution is 0.751. The maximum absolute atomic E-state index is 12.3. The Bertz CT molecular complexity index is 1080. The van der Waals surface area contributed by atoms with E-state index in [4.69, 9.17) is 0 Å². The molecular formula is C25H21NO. The average molecular weight is 351 g/mol. The summed E-state index contributed by atoms with van der Waals surface area (Å²) >= 11 is 0. The first-order valence-electron chi connectivity index (χ1n) is 9.16. The molecule has 0 saturated carbocycles. The summed E-state index contributed by atoms with van der Waals surface area (Å²) in [5, 5.41) is 0. The molecule has 0 bridgehead atoms. The van der Waals surface area contributed by atoms with Crippen LogP contribution in [0.5, 0.6) is 0 Å². The summed E-state index contributed by atoms with van der Waals surface area (Å²) in [7, 11) is 0. The Kier molecular flexibility index (Phi) is 4.97. The van der Waals surface area contributed by atoms with Crippen molar-refractivity contribution in [1.29, 1.82) is 0 Å². The molecule has 0 fully saturated rings. The second-order valence-corrected chi connectivity index (χ2v) is 6.69. The fourth-order valence-corrected chi connectivity index (χ4v) is 3.38. The third-order valence-corrected chi connectivity index (χ3v) is 4.74. The number of hydrogen-bond donors (Lipinski definition) is 0. The van der Waals surface area contributed by atoms with E-state index in [1.807, 2.05) is 48.7 Å². The molecule has 0 atom stereocenters. The SMILES string of the molecule is O=c1ccc(Cc2ccccc2-c2ccccc2)cn1Cc1ccccc1. The summed E-state index contributed by atoms with van der Waals surface area (Å²) < 4.78 is 1.79. The topological polar surface area (TPSA) is 22.0 Å². The molecule has 1 aromatic heterocycles. The highest BCUT2D eigenvalue weighted by atomic mass is 16.1. The summed E-state index contributed by atoms with van der Waals surface area (Å²) in [4.78, 5) is 12.3. The van der Waals surface area contributed by atoms with E-state index < -0.39 is 0 Å². The van der Waals surface area contributed by atoms with Crippen LogP contribution in [0.3, 0.4) is 0 Å². The zero-order chi connectivity index (χ0) is 18.5. The van der Waals surface area contributed by atoms with Crippen LogP contribution in [0.25, 0.3) is 11.1 Å². The molecule has 1 heterocycles. The Hall–Kier alpha value is -3.39. The molecule has 2 nitrogen and oxygen atoms in total. The highest BCUT2D eigenvalue weighted by molar-refractivity contribution is 5.67. The summed E-state index contributed by atoms with van der Waals surface area (Å²) in [5.74, 6) is 0. The van der Waals surface area contributed by atoms with Crippen molar-refractivity contribution in [3.63, 3.8) is 0 Å². The number of nitrogens with zero attached hydrogens (tertiary/aromatic N) is 1. The van der Waals surface area contributed by atoms with Gasteiger partial charge in [-0.1, -0.05) is 91.0 Å². The van der Waals surface area contributed by atoms with Gasteiger partial charge in [0.1, 0.15) is 0 Å². The van der Waals surface area contributed by atoms with Crippen LogP contribution in [0.15, 0.2) is 108 Å². The number of hydrogen-bond acceptors (Lipinski definition) is 1. The average Bonchev–Trinajstić information content (AvgIpc) is 2.72. The fraction of sp³-hybridized carbons (Fsp3) is 0.0800.